The van der Waals surface area contributed by atoms with Crippen molar-refractivity contribution in [3.63, 3.8) is 0 Å². The van der Waals surface area contributed by atoms with E-state index in [0.29, 0.717) is 17.1 Å². The van der Waals surface area contributed by atoms with E-state index in [2.05, 4.69) is 15.3 Å². The second kappa shape index (κ2) is 2.66. The number of halogens is 1. The Labute approximate surface area is 69.8 Å². The van der Waals surface area contributed by atoms with Crippen molar-refractivity contribution in [2.75, 3.05) is 5.32 Å². The molecule has 1 aliphatic rings. The summed E-state index contributed by atoms with van der Waals surface area (Å²) in [5.41, 5.74) is 0. The van der Waals surface area contributed by atoms with Crippen molar-refractivity contribution in [2.24, 2.45) is 0 Å². The molecule has 0 amide bonds. The summed E-state index contributed by atoms with van der Waals surface area (Å²) in [5, 5.41) is 3.64. The zero-order valence-corrected chi connectivity index (χ0v) is 6.67. The lowest BCUT2D eigenvalue weighted by Crippen LogP contribution is -2.04. The van der Waals surface area contributed by atoms with Gasteiger partial charge >= 0.3 is 0 Å². The first-order valence-corrected chi connectivity index (χ1v) is 3.97. The predicted octanol–water partition coefficient (Wildman–Crippen LogP) is 1.70. The second-order valence-corrected chi connectivity index (χ2v) is 3.01. The fourth-order valence-electron chi connectivity index (χ4n) is 0.816. The molecule has 1 aromatic heterocycles. The van der Waals surface area contributed by atoms with Crippen LogP contribution in [0, 0.1) is 0 Å². The molecule has 3 nitrogen and oxygen atoms in total. The standard InChI is InChI=1S/C7H8ClN3/c8-6-3-4-9-7(11-6)10-5-1-2-5/h3-5H,1-2H2,(H,9,10,11). The molecule has 1 aromatic rings. The fourth-order valence-corrected chi connectivity index (χ4v) is 0.953. The summed E-state index contributed by atoms with van der Waals surface area (Å²) in [4.78, 5) is 8.01. The first-order chi connectivity index (χ1) is 5.34. The molecule has 2 rings (SSSR count). The Morgan fingerprint density at radius 3 is 3.00 bits per heavy atom. The molecule has 0 saturated heterocycles. The van der Waals surface area contributed by atoms with E-state index in [1.807, 2.05) is 0 Å². The van der Waals surface area contributed by atoms with Gasteiger partial charge in [-0.15, -0.1) is 0 Å². The number of rotatable bonds is 2. The minimum Gasteiger partial charge on any atom is -0.351 e. The average Bonchev–Trinajstić information content (AvgIpc) is 2.71. The third kappa shape index (κ3) is 1.80. The topological polar surface area (TPSA) is 37.8 Å². The minimum absolute atomic E-state index is 0.489. The van der Waals surface area contributed by atoms with Crippen LogP contribution in [-0.4, -0.2) is 16.0 Å². The molecule has 11 heavy (non-hydrogen) atoms. The highest BCUT2D eigenvalue weighted by Crippen LogP contribution is 2.22. The van der Waals surface area contributed by atoms with Crippen LogP contribution in [-0.2, 0) is 0 Å². The van der Waals surface area contributed by atoms with E-state index >= 15 is 0 Å². The molecule has 4 heteroatoms. The molecule has 1 aliphatic carbocycles. The average molecular weight is 170 g/mol. The van der Waals surface area contributed by atoms with Gasteiger partial charge in [0.25, 0.3) is 0 Å². The van der Waals surface area contributed by atoms with Gasteiger partial charge in [-0.2, -0.15) is 0 Å². The van der Waals surface area contributed by atoms with Crippen molar-refractivity contribution in [3.8, 4) is 0 Å². The van der Waals surface area contributed by atoms with E-state index in [0.717, 1.165) is 0 Å². The maximum atomic E-state index is 5.66. The molecule has 0 spiro atoms. The van der Waals surface area contributed by atoms with Gasteiger partial charge in [0, 0.05) is 12.2 Å². The molecule has 1 heterocycles. The van der Waals surface area contributed by atoms with Crippen molar-refractivity contribution in [1.29, 1.82) is 0 Å². The summed E-state index contributed by atoms with van der Waals surface area (Å²) < 4.78 is 0. The highest BCUT2D eigenvalue weighted by molar-refractivity contribution is 6.29. The first kappa shape index (κ1) is 6.85. The van der Waals surface area contributed by atoms with Crippen LogP contribution in [0.4, 0.5) is 5.95 Å². The molecule has 0 radical (unpaired) electrons. The summed E-state index contributed by atoms with van der Waals surface area (Å²) in [7, 11) is 0. The van der Waals surface area contributed by atoms with E-state index in [9.17, 15) is 0 Å². The number of hydrogen-bond donors (Lipinski definition) is 1. The number of nitrogens with one attached hydrogen (secondary N) is 1. The zero-order chi connectivity index (χ0) is 7.68. The van der Waals surface area contributed by atoms with Crippen LogP contribution in [0.2, 0.25) is 5.15 Å². The quantitative estimate of drug-likeness (QED) is 0.685. The van der Waals surface area contributed by atoms with Crippen LogP contribution in [0.3, 0.4) is 0 Å². The molecule has 1 N–H and O–H groups in total. The Balaban J connectivity index is 2.10. The highest BCUT2D eigenvalue weighted by atomic mass is 35.5. The smallest absolute Gasteiger partial charge is 0.224 e. The lowest BCUT2D eigenvalue weighted by atomic mass is 10.6. The van der Waals surface area contributed by atoms with E-state index in [-0.39, 0.29) is 0 Å². The Morgan fingerprint density at radius 2 is 2.36 bits per heavy atom. The molecule has 0 atom stereocenters. The summed E-state index contributed by atoms with van der Waals surface area (Å²) in [5.74, 6) is 0.639. The van der Waals surface area contributed by atoms with Crippen molar-refractivity contribution in [2.45, 2.75) is 18.9 Å². The maximum Gasteiger partial charge on any atom is 0.224 e. The minimum atomic E-state index is 0.489. The van der Waals surface area contributed by atoms with E-state index in [1.165, 1.54) is 12.8 Å². The van der Waals surface area contributed by atoms with Crippen molar-refractivity contribution in [1.82, 2.24) is 9.97 Å². The fraction of sp³-hybridized carbons (Fsp3) is 0.429. The summed E-state index contributed by atoms with van der Waals surface area (Å²) in [6.07, 6.45) is 4.09. The number of anilines is 1. The Bertz CT molecular complexity index is 260. The van der Waals surface area contributed by atoms with E-state index in [4.69, 9.17) is 11.6 Å². The normalized spacial score (nSPS) is 16.5. The van der Waals surface area contributed by atoms with Gasteiger partial charge in [0.05, 0.1) is 0 Å². The van der Waals surface area contributed by atoms with Crippen LogP contribution in [0.1, 0.15) is 12.8 Å². The Kier molecular flexibility index (Phi) is 1.66. The second-order valence-electron chi connectivity index (χ2n) is 2.62. The molecule has 0 aliphatic heterocycles. The van der Waals surface area contributed by atoms with Crippen LogP contribution < -0.4 is 5.32 Å². The molecular weight excluding hydrogens is 162 g/mol. The van der Waals surface area contributed by atoms with Gasteiger partial charge in [-0.3, -0.25) is 0 Å². The van der Waals surface area contributed by atoms with Crippen molar-refractivity contribution in [3.05, 3.63) is 17.4 Å². The molecule has 1 saturated carbocycles. The SMILES string of the molecule is Clc1ccnc(NC2CC2)n1. The van der Waals surface area contributed by atoms with Crippen LogP contribution in [0.25, 0.3) is 0 Å². The molecule has 1 fully saturated rings. The van der Waals surface area contributed by atoms with Gasteiger partial charge < -0.3 is 5.32 Å². The van der Waals surface area contributed by atoms with Gasteiger partial charge in [0.1, 0.15) is 5.15 Å². The largest absolute Gasteiger partial charge is 0.351 e. The Morgan fingerprint density at radius 1 is 1.55 bits per heavy atom. The monoisotopic (exact) mass is 169 g/mol. The van der Waals surface area contributed by atoms with Gasteiger partial charge in [-0.1, -0.05) is 11.6 Å². The van der Waals surface area contributed by atoms with E-state index in [1.54, 1.807) is 12.3 Å². The molecule has 0 aromatic carbocycles. The lowest BCUT2D eigenvalue weighted by molar-refractivity contribution is 1.05. The van der Waals surface area contributed by atoms with E-state index < -0.39 is 0 Å². The van der Waals surface area contributed by atoms with Gasteiger partial charge in [-0.05, 0) is 18.9 Å². The number of hydrogen-bond acceptors (Lipinski definition) is 3. The van der Waals surface area contributed by atoms with Crippen LogP contribution in [0.5, 0.6) is 0 Å². The summed E-state index contributed by atoms with van der Waals surface area (Å²) in [6.45, 7) is 0. The third-order valence-electron chi connectivity index (χ3n) is 1.53. The summed E-state index contributed by atoms with van der Waals surface area (Å²) in [6, 6.07) is 2.24. The first-order valence-electron chi connectivity index (χ1n) is 3.60. The predicted molar refractivity (Wildman–Crippen MR) is 43.7 cm³/mol. The third-order valence-corrected chi connectivity index (χ3v) is 1.74. The zero-order valence-electron chi connectivity index (χ0n) is 5.92. The maximum absolute atomic E-state index is 5.66. The van der Waals surface area contributed by atoms with Crippen molar-refractivity contribution >= 4 is 17.5 Å². The molecule has 58 valence electrons. The highest BCUT2D eigenvalue weighted by Gasteiger charge is 2.21. The van der Waals surface area contributed by atoms with Crippen molar-refractivity contribution < 1.29 is 0 Å². The number of nitrogens with zero attached hydrogens (tertiary/aromatic N) is 2. The number of aromatic nitrogens is 2. The summed E-state index contributed by atoms with van der Waals surface area (Å²) >= 11 is 5.66. The molecule has 0 unspecified atom stereocenters. The van der Waals surface area contributed by atoms with Gasteiger partial charge in [0.15, 0.2) is 0 Å². The molecular formula is C7H8ClN3. The van der Waals surface area contributed by atoms with Gasteiger partial charge in [0.2, 0.25) is 5.95 Å². The van der Waals surface area contributed by atoms with Crippen LogP contribution >= 0.6 is 11.6 Å². The lowest BCUT2D eigenvalue weighted by Gasteiger charge is -2.00. The van der Waals surface area contributed by atoms with Gasteiger partial charge in [-0.25, -0.2) is 9.97 Å². The molecule has 0 bridgehead atoms. The van der Waals surface area contributed by atoms with Crippen LogP contribution in [0.15, 0.2) is 12.3 Å². The Hall–Kier alpha value is -0.830.